The molecule has 1 aliphatic rings. The predicted molar refractivity (Wildman–Crippen MR) is 82.5 cm³/mol. The Hall–Kier alpha value is -2.01. The minimum Gasteiger partial charge on any atom is -0.447 e. The van der Waals surface area contributed by atoms with E-state index in [1.54, 1.807) is 0 Å². The number of benzene rings is 1. The molecule has 21 heavy (non-hydrogen) atoms. The molecule has 1 aromatic carbocycles. The summed E-state index contributed by atoms with van der Waals surface area (Å²) in [7, 11) is 0.891. The molecule has 0 spiro atoms. The van der Waals surface area contributed by atoms with Crippen molar-refractivity contribution in [3.63, 3.8) is 0 Å². The Kier molecular flexibility index (Phi) is 1.55. The van der Waals surface area contributed by atoms with Crippen LogP contribution in [-0.2, 0) is 17.5 Å². The molecule has 1 aliphatic heterocycles. The van der Waals surface area contributed by atoms with Crippen LogP contribution in [0.25, 0.3) is 10.9 Å². The summed E-state index contributed by atoms with van der Waals surface area (Å²) in [5.74, 6) is 0. The molecule has 0 saturated carbocycles. The molecule has 1 saturated heterocycles. The van der Waals surface area contributed by atoms with Gasteiger partial charge >= 0.3 is 6.09 Å². The number of H-pyrrole nitrogens is 1. The van der Waals surface area contributed by atoms with Crippen LogP contribution in [0.15, 0.2) is 24.4 Å². The van der Waals surface area contributed by atoms with Crippen molar-refractivity contribution < 1.29 is 26.1 Å². The topological polar surface area (TPSA) is 57.4 Å². The maximum absolute atomic E-state index is 11.6. The number of carbonyl (C=O) groups is 1. The molecule has 3 rings (SSSR count). The third kappa shape index (κ3) is 3.19. The van der Waals surface area contributed by atoms with Crippen molar-refractivity contribution in [2.45, 2.75) is 18.8 Å². The minimum absolute atomic E-state index is 0.0412. The average Bonchev–Trinajstić information content (AvgIpc) is 3.04. The number of rotatable bonds is 5. The highest BCUT2D eigenvalue weighted by Crippen LogP contribution is 2.21. The van der Waals surface area contributed by atoms with E-state index in [0.29, 0.717) is 15.9 Å². The van der Waals surface area contributed by atoms with Crippen molar-refractivity contribution in [2.24, 2.45) is 0 Å². The molecule has 2 N–H and O–H groups in total. The molecule has 5 nitrogen and oxygen atoms in total. The number of cyclic esters (lactones) is 1. The van der Waals surface area contributed by atoms with Gasteiger partial charge in [0.05, 0.1) is 10.2 Å². The molecular weight excluding hydrogens is 266 g/mol. The van der Waals surface area contributed by atoms with Crippen molar-refractivity contribution in [2.75, 3.05) is 27.1 Å². The summed E-state index contributed by atoms with van der Waals surface area (Å²) in [6.07, 6.45) is -5.14. The number of aryl methyl sites for hydroxylation is 1. The van der Waals surface area contributed by atoms with Gasteiger partial charge in [-0.25, -0.2) is 4.79 Å². The van der Waals surface area contributed by atoms with Gasteiger partial charge in [-0.1, -0.05) is 6.07 Å². The first kappa shape index (κ1) is 5.65. The molecule has 1 atom stereocenters. The molecule has 0 radical (unpaired) electrons. The highest BCUT2D eigenvalue weighted by atomic mass is 16.6. The zero-order chi connectivity index (χ0) is 25.3. The second kappa shape index (κ2) is 5.77. The van der Waals surface area contributed by atoms with Gasteiger partial charge in [0, 0.05) is 33.2 Å². The number of fused-ring (bicyclic) bond motifs is 1. The largest absolute Gasteiger partial charge is 0.447 e. The normalized spacial score (nSPS) is 31.4. The summed E-state index contributed by atoms with van der Waals surface area (Å²) in [6, 6.07) is 2.77. The van der Waals surface area contributed by atoms with E-state index in [1.165, 1.54) is 18.2 Å². The number of aromatic nitrogens is 1. The number of likely N-dealkylation sites (N-methyl/N-ethyl adjacent to an activating group) is 1. The number of alkyl carbamates (subject to hydrolysis) is 1. The number of nitrogens with zero attached hydrogens (tertiary/aromatic N) is 1. The van der Waals surface area contributed by atoms with Gasteiger partial charge in [-0.3, -0.25) is 0 Å². The maximum atomic E-state index is 11.6. The zero-order valence-corrected chi connectivity index (χ0v) is 11.2. The number of ether oxygens (including phenoxy) is 1. The summed E-state index contributed by atoms with van der Waals surface area (Å²) >= 11 is 0. The number of aromatic amines is 1. The second-order valence-corrected chi connectivity index (χ2v) is 4.58. The molecule has 2 aromatic rings. The fourth-order valence-electron chi connectivity index (χ4n) is 2.03. The maximum Gasteiger partial charge on any atom is 0.407 e. The highest BCUT2D eigenvalue weighted by molar-refractivity contribution is 5.84. The third-order valence-electron chi connectivity index (χ3n) is 2.94. The van der Waals surface area contributed by atoms with Crippen LogP contribution < -0.4 is 5.31 Å². The van der Waals surface area contributed by atoms with Crippen LogP contribution in [0.3, 0.4) is 0 Å². The Balaban J connectivity index is 2.14. The molecular formula is C16H21N3O2. The van der Waals surface area contributed by atoms with Crippen LogP contribution in [0.2, 0.25) is 2.82 Å². The van der Waals surface area contributed by atoms with E-state index >= 15 is 0 Å². The van der Waals surface area contributed by atoms with E-state index in [-0.39, 0.29) is 22.2 Å². The Labute approximate surface area is 141 Å². The molecule has 1 aromatic heterocycles. The van der Waals surface area contributed by atoms with E-state index in [0.717, 1.165) is 7.05 Å². The Morgan fingerprint density at radius 3 is 3.38 bits per heavy atom. The van der Waals surface area contributed by atoms with Gasteiger partial charge in [-0.2, -0.15) is 0 Å². The fraction of sp³-hybridized carbons (Fsp3) is 0.438. The SMILES string of the molecule is [2H]c1c(C([2H])([2H])C([2H])([2H])N(C)C([2H])([2H])[2H])c2cc(C[C@@H]3N([2H])C(=O)OC3([2H])[2H])ccc2n1[2H]. The Morgan fingerprint density at radius 2 is 2.62 bits per heavy atom. The van der Waals surface area contributed by atoms with E-state index in [4.69, 9.17) is 16.5 Å². The summed E-state index contributed by atoms with van der Waals surface area (Å²) in [5.41, 5.74) is -0.210. The molecule has 5 heteroatoms. The van der Waals surface area contributed by atoms with Gasteiger partial charge in [0.2, 0.25) is 0 Å². The predicted octanol–water partition coefficient (Wildman–Crippen LogP) is 1.92. The first-order valence-electron chi connectivity index (χ1n) is 12.1. The van der Waals surface area contributed by atoms with Gasteiger partial charge in [0.15, 0.2) is 2.82 Å². The van der Waals surface area contributed by atoms with Gasteiger partial charge < -0.3 is 19.9 Å². The van der Waals surface area contributed by atoms with Crippen LogP contribution in [0, 0.1) is 0 Å². The standard InChI is InChI=1S/C16H21N3O2/c1-19(2)6-5-12-9-17-15-4-3-11(8-14(12)15)7-13-10-21-16(20)18-13/h3-4,8-9,13,17H,5-7,10H2,1-2H3,(H,18,20)/t13-/m0/s1/i1D3,5D2,6D2,9D,10D2/hD2. The van der Waals surface area contributed by atoms with Gasteiger partial charge in [-0.15, -0.1) is 0 Å². The lowest BCUT2D eigenvalue weighted by Crippen LogP contribution is -2.28. The van der Waals surface area contributed by atoms with E-state index in [2.05, 4.69) is 4.74 Å². The summed E-state index contributed by atoms with van der Waals surface area (Å²) < 4.78 is 99.9. The molecule has 1 amide bonds. The number of carbonyl (C=O) groups excluding carboxylic acids is 1. The van der Waals surface area contributed by atoms with Crippen LogP contribution in [0.4, 0.5) is 4.79 Å². The second-order valence-electron chi connectivity index (χ2n) is 4.58. The highest BCUT2D eigenvalue weighted by Gasteiger charge is 2.22. The first-order chi connectivity index (χ1) is 14.8. The van der Waals surface area contributed by atoms with Gasteiger partial charge in [0.25, 0.3) is 0 Å². The third-order valence-corrected chi connectivity index (χ3v) is 2.94. The Morgan fingerprint density at radius 1 is 1.71 bits per heavy atom. The van der Waals surface area contributed by atoms with Crippen LogP contribution in [0.5, 0.6) is 0 Å². The first-order valence-corrected chi connectivity index (χ1v) is 6.22. The van der Waals surface area contributed by atoms with Gasteiger partial charge in [0.1, 0.15) is 6.56 Å². The van der Waals surface area contributed by atoms with E-state index < -0.39 is 50.3 Å². The van der Waals surface area contributed by atoms with Crippen molar-refractivity contribution >= 4 is 17.0 Å². The van der Waals surface area contributed by atoms with Crippen LogP contribution >= 0.6 is 0 Å². The summed E-state index contributed by atoms with van der Waals surface area (Å²) in [6.45, 7) is -8.56. The minimum atomic E-state index is -3.11. The molecule has 2 heterocycles. The molecule has 0 bridgehead atoms. The monoisotopic (exact) mass is 299 g/mol. The lowest BCUT2D eigenvalue weighted by atomic mass is 10.0. The van der Waals surface area contributed by atoms with Crippen molar-refractivity contribution in [3.05, 3.63) is 35.5 Å². The lowest BCUT2D eigenvalue weighted by Gasteiger charge is -2.09. The zero-order valence-electron chi connectivity index (χ0n) is 23.2. The molecule has 112 valence electrons. The smallest absolute Gasteiger partial charge is 0.407 e. The molecule has 1 fully saturated rings. The number of hydrogen-bond acceptors (Lipinski definition) is 3. The fourth-order valence-corrected chi connectivity index (χ4v) is 2.03. The molecule has 0 unspecified atom stereocenters. The number of hydrogen-bond donors (Lipinski definition) is 2. The van der Waals surface area contributed by atoms with Crippen molar-refractivity contribution in [1.82, 2.24) is 15.2 Å². The summed E-state index contributed by atoms with van der Waals surface area (Å²) in [5, 5.41) is 0.294. The summed E-state index contributed by atoms with van der Waals surface area (Å²) in [4.78, 5) is 12.4. The van der Waals surface area contributed by atoms with Gasteiger partial charge in [-0.05, 0) is 50.1 Å². The van der Waals surface area contributed by atoms with Crippen molar-refractivity contribution in [1.29, 1.82) is 0 Å². The number of nitrogens with one attached hydrogen (secondary N) is 2. The average molecular weight is 299 g/mol. The van der Waals surface area contributed by atoms with Crippen molar-refractivity contribution in [3.8, 4) is 0 Å². The Bertz CT molecular complexity index is 1100. The van der Waals surface area contributed by atoms with E-state index in [9.17, 15) is 4.79 Å². The quantitative estimate of drug-likeness (QED) is 0.887. The molecule has 0 aliphatic carbocycles. The van der Waals surface area contributed by atoms with E-state index in [1.807, 2.05) is 0 Å². The van der Waals surface area contributed by atoms with Crippen LogP contribution in [0.1, 0.15) is 24.8 Å². The van der Waals surface area contributed by atoms with Crippen LogP contribution in [-0.4, -0.2) is 49.1 Å². The lowest BCUT2D eigenvalue weighted by molar-refractivity contribution is 0.177. The number of amides is 1.